The van der Waals surface area contributed by atoms with E-state index in [1.54, 1.807) is 4.90 Å². The number of carbonyl (C=O) groups is 1. The molecule has 0 aromatic rings. The summed E-state index contributed by atoms with van der Waals surface area (Å²) >= 11 is 2.01. The van der Waals surface area contributed by atoms with Gasteiger partial charge in [-0.3, -0.25) is 0 Å². The summed E-state index contributed by atoms with van der Waals surface area (Å²) < 4.78 is 0. The predicted molar refractivity (Wildman–Crippen MR) is 76.9 cm³/mol. The van der Waals surface area contributed by atoms with Gasteiger partial charge < -0.3 is 16.0 Å². The summed E-state index contributed by atoms with van der Waals surface area (Å²) in [6.45, 7) is 1.62. The molecule has 5 heteroatoms. The van der Waals surface area contributed by atoms with E-state index in [2.05, 4.69) is 11.6 Å². The Hall–Kier alpha value is -0.420. The van der Waals surface area contributed by atoms with Crippen molar-refractivity contribution in [2.45, 2.75) is 55.9 Å². The SMILES string of the molecule is CSC1CCCC(NC2CCN(C(N)=O)CC2)C1. The van der Waals surface area contributed by atoms with Gasteiger partial charge in [-0.15, -0.1) is 0 Å². The second kappa shape index (κ2) is 6.66. The molecule has 1 saturated carbocycles. The minimum atomic E-state index is -0.270. The zero-order valence-corrected chi connectivity index (χ0v) is 12.0. The van der Waals surface area contributed by atoms with Crippen LogP contribution in [0.4, 0.5) is 4.79 Å². The van der Waals surface area contributed by atoms with Crippen LogP contribution in [-0.4, -0.2) is 47.6 Å². The van der Waals surface area contributed by atoms with Crippen molar-refractivity contribution in [3.63, 3.8) is 0 Å². The Morgan fingerprint density at radius 3 is 2.56 bits per heavy atom. The van der Waals surface area contributed by atoms with Gasteiger partial charge >= 0.3 is 6.03 Å². The molecule has 2 amide bonds. The number of carbonyl (C=O) groups excluding carboxylic acids is 1. The van der Waals surface area contributed by atoms with Crippen LogP contribution in [0.5, 0.6) is 0 Å². The molecule has 2 rings (SSSR count). The van der Waals surface area contributed by atoms with Crippen molar-refractivity contribution in [2.75, 3.05) is 19.3 Å². The van der Waals surface area contributed by atoms with Gasteiger partial charge in [-0.1, -0.05) is 6.42 Å². The van der Waals surface area contributed by atoms with Gasteiger partial charge in [0.05, 0.1) is 0 Å². The number of nitrogens with one attached hydrogen (secondary N) is 1. The predicted octanol–water partition coefficient (Wildman–Crippen LogP) is 1.79. The highest BCUT2D eigenvalue weighted by Gasteiger charge is 2.26. The van der Waals surface area contributed by atoms with E-state index in [0.29, 0.717) is 12.1 Å². The Morgan fingerprint density at radius 2 is 1.94 bits per heavy atom. The molecule has 1 saturated heterocycles. The largest absolute Gasteiger partial charge is 0.351 e. The van der Waals surface area contributed by atoms with Crippen LogP contribution >= 0.6 is 11.8 Å². The number of hydrogen-bond acceptors (Lipinski definition) is 3. The Kier molecular flexibility index (Phi) is 5.18. The number of rotatable bonds is 3. The molecular formula is C13H25N3OS. The molecule has 1 aliphatic carbocycles. The molecule has 4 nitrogen and oxygen atoms in total. The van der Waals surface area contributed by atoms with E-state index in [4.69, 9.17) is 5.73 Å². The first-order valence-corrected chi connectivity index (χ1v) is 8.31. The first-order valence-electron chi connectivity index (χ1n) is 7.02. The van der Waals surface area contributed by atoms with Gasteiger partial charge in [-0.2, -0.15) is 11.8 Å². The molecule has 1 heterocycles. The fourth-order valence-electron chi connectivity index (χ4n) is 3.11. The molecule has 2 aliphatic rings. The van der Waals surface area contributed by atoms with Crippen LogP contribution in [0.25, 0.3) is 0 Å². The zero-order valence-electron chi connectivity index (χ0n) is 11.2. The van der Waals surface area contributed by atoms with Gasteiger partial charge in [0.25, 0.3) is 0 Å². The molecule has 1 aliphatic heterocycles. The molecule has 3 N–H and O–H groups in total. The third-order valence-corrected chi connectivity index (χ3v) is 5.33. The number of nitrogens with zero attached hydrogens (tertiary/aromatic N) is 1. The number of primary amides is 1. The average molecular weight is 271 g/mol. The van der Waals surface area contributed by atoms with E-state index in [1.165, 1.54) is 25.7 Å². The van der Waals surface area contributed by atoms with Crippen molar-refractivity contribution >= 4 is 17.8 Å². The molecule has 104 valence electrons. The summed E-state index contributed by atoms with van der Waals surface area (Å²) in [6.07, 6.45) is 9.65. The maximum atomic E-state index is 11.1. The van der Waals surface area contributed by atoms with Crippen LogP contribution in [0.2, 0.25) is 0 Å². The molecule has 0 aromatic carbocycles. The van der Waals surface area contributed by atoms with Crippen molar-refractivity contribution in [1.29, 1.82) is 0 Å². The Labute approximate surface area is 114 Å². The van der Waals surface area contributed by atoms with Crippen LogP contribution < -0.4 is 11.1 Å². The maximum absolute atomic E-state index is 11.1. The standard InChI is InChI=1S/C13H25N3OS/c1-18-12-4-2-3-11(9-12)15-10-5-7-16(8-6-10)13(14)17/h10-12,15H,2-9H2,1H3,(H2,14,17). The molecule has 2 atom stereocenters. The van der Waals surface area contributed by atoms with Crippen molar-refractivity contribution in [2.24, 2.45) is 5.73 Å². The number of urea groups is 1. The monoisotopic (exact) mass is 271 g/mol. The second-order valence-corrected chi connectivity index (χ2v) is 6.63. The smallest absolute Gasteiger partial charge is 0.314 e. The highest BCUT2D eigenvalue weighted by molar-refractivity contribution is 7.99. The number of hydrogen-bond donors (Lipinski definition) is 2. The van der Waals surface area contributed by atoms with Gasteiger partial charge in [0.2, 0.25) is 0 Å². The Bertz CT molecular complexity index is 279. The Morgan fingerprint density at radius 1 is 1.22 bits per heavy atom. The summed E-state index contributed by atoms with van der Waals surface area (Å²) in [5.74, 6) is 0. The van der Waals surface area contributed by atoms with E-state index < -0.39 is 0 Å². The van der Waals surface area contributed by atoms with Crippen LogP contribution in [0.15, 0.2) is 0 Å². The first-order chi connectivity index (χ1) is 8.69. The zero-order chi connectivity index (χ0) is 13.0. The summed E-state index contributed by atoms with van der Waals surface area (Å²) in [6, 6.07) is 0.987. The van der Waals surface area contributed by atoms with Gasteiger partial charge in [0, 0.05) is 30.4 Å². The number of amides is 2. The lowest BCUT2D eigenvalue weighted by atomic mass is 9.93. The summed E-state index contributed by atoms with van der Waals surface area (Å²) in [5.41, 5.74) is 5.30. The van der Waals surface area contributed by atoms with E-state index in [-0.39, 0.29) is 6.03 Å². The van der Waals surface area contributed by atoms with Crippen molar-refractivity contribution in [3.8, 4) is 0 Å². The van der Waals surface area contributed by atoms with Gasteiger partial charge in [-0.05, 0) is 38.4 Å². The van der Waals surface area contributed by atoms with Crippen LogP contribution in [0, 0.1) is 0 Å². The van der Waals surface area contributed by atoms with E-state index >= 15 is 0 Å². The lowest BCUT2D eigenvalue weighted by Gasteiger charge is -2.36. The molecule has 2 fully saturated rings. The maximum Gasteiger partial charge on any atom is 0.314 e. The third-order valence-electron chi connectivity index (χ3n) is 4.24. The highest BCUT2D eigenvalue weighted by Crippen LogP contribution is 2.27. The lowest BCUT2D eigenvalue weighted by molar-refractivity contribution is 0.179. The molecular weight excluding hydrogens is 246 g/mol. The van der Waals surface area contributed by atoms with Gasteiger partial charge in [-0.25, -0.2) is 4.79 Å². The number of piperidine rings is 1. The van der Waals surface area contributed by atoms with Gasteiger partial charge in [0.1, 0.15) is 0 Å². The minimum absolute atomic E-state index is 0.270. The van der Waals surface area contributed by atoms with Gasteiger partial charge in [0.15, 0.2) is 0 Å². The van der Waals surface area contributed by atoms with E-state index in [1.807, 2.05) is 11.8 Å². The Balaban J connectivity index is 1.72. The summed E-state index contributed by atoms with van der Waals surface area (Å²) in [4.78, 5) is 12.8. The van der Waals surface area contributed by atoms with Crippen molar-refractivity contribution < 1.29 is 4.79 Å². The lowest BCUT2D eigenvalue weighted by Crippen LogP contribution is -2.50. The molecule has 0 spiro atoms. The first kappa shape index (κ1) is 14.0. The minimum Gasteiger partial charge on any atom is -0.351 e. The van der Waals surface area contributed by atoms with Crippen molar-refractivity contribution in [3.05, 3.63) is 0 Å². The number of thioether (sulfide) groups is 1. The highest BCUT2D eigenvalue weighted by atomic mass is 32.2. The number of likely N-dealkylation sites (tertiary alicyclic amines) is 1. The third kappa shape index (κ3) is 3.79. The quantitative estimate of drug-likeness (QED) is 0.823. The molecule has 0 aromatic heterocycles. The molecule has 2 unspecified atom stereocenters. The molecule has 18 heavy (non-hydrogen) atoms. The van der Waals surface area contributed by atoms with E-state index in [0.717, 1.165) is 31.2 Å². The van der Waals surface area contributed by atoms with Crippen LogP contribution in [0.3, 0.4) is 0 Å². The number of nitrogens with two attached hydrogens (primary N) is 1. The normalized spacial score (nSPS) is 30.4. The molecule has 0 radical (unpaired) electrons. The summed E-state index contributed by atoms with van der Waals surface area (Å²) in [5, 5.41) is 4.62. The van der Waals surface area contributed by atoms with E-state index in [9.17, 15) is 4.79 Å². The van der Waals surface area contributed by atoms with Crippen molar-refractivity contribution in [1.82, 2.24) is 10.2 Å². The van der Waals surface area contributed by atoms with Crippen LogP contribution in [0.1, 0.15) is 38.5 Å². The summed E-state index contributed by atoms with van der Waals surface area (Å²) in [7, 11) is 0. The fourth-order valence-corrected chi connectivity index (χ4v) is 3.94. The topological polar surface area (TPSA) is 58.4 Å². The fraction of sp³-hybridized carbons (Fsp3) is 0.923. The van der Waals surface area contributed by atoms with Crippen LogP contribution in [-0.2, 0) is 0 Å². The molecule has 0 bridgehead atoms. The second-order valence-electron chi connectivity index (χ2n) is 5.49. The average Bonchev–Trinajstić information content (AvgIpc) is 2.39.